The largest absolute Gasteiger partial charge is 0.489 e. The smallest absolute Gasteiger partial charge is 0.306 e. The van der Waals surface area contributed by atoms with Gasteiger partial charge in [0.25, 0.3) is 0 Å². The van der Waals surface area contributed by atoms with Crippen LogP contribution in [0.15, 0.2) is 24.4 Å². The molecule has 3 N–H and O–H groups in total. The number of carbonyl (C=O) groups is 1. The van der Waals surface area contributed by atoms with E-state index in [1.165, 1.54) is 0 Å². The number of hydrogen-bond acceptors (Lipinski definition) is 9. The van der Waals surface area contributed by atoms with Crippen molar-refractivity contribution in [3.63, 3.8) is 0 Å². The maximum absolute atomic E-state index is 11.4. The van der Waals surface area contributed by atoms with Crippen molar-refractivity contribution in [3.8, 4) is 17.1 Å². The summed E-state index contributed by atoms with van der Waals surface area (Å²) in [6, 6.07) is 5.50. The third kappa shape index (κ3) is 5.62. The van der Waals surface area contributed by atoms with Crippen LogP contribution in [0.2, 0.25) is 0 Å². The molecule has 0 radical (unpaired) electrons. The zero-order valence-electron chi connectivity index (χ0n) is 21.1. The molecule has 1 fully saturated rings. The average Bonchev–Trinajstić information content (AvgIpc) is 3.24. The summed E-state index contributed by atoms with van der Waals surface area (Å²) in [7, 11) is 1.81. The zero-order chi connectivity index (χ0) is 25.9. The van der Waals surface area contributed by atoms with Crippen LogP contribution in [0.4, 0.5) is 5.95 Å². The summed E-state index contributed by atoms with van der Waals surface area (Å²) in [5, 5.41) is 30.7. The van der Waals surface area contributed by atoms with Crippen LogP contribution in [0.25, 0.3) is 11.4 Å². The maximum Gasteiger partial charge on any atom is 0.306 e. The maximum atomic E-state index is 11.4. The molecule has 0 unspecified atom stereocenters. The third-order valence-corrected chi connectivity index (χ3v) is 6.65. The van der Waals surface area contributed by atoms with Gasteiger partial charge in [-0.1, -0.05) is 19.1 Å². The normalized spacial score (nSPS) is 18.1. The summed E-state index contributed by atoms with van der Waals surface area (Å²) in [5.74, 6) is -0.0203. The number of hydrogen-bond donors (Lipinski definition) is 3. The van der Waals surface area contributed by atoms with Crippen LogP contribution in [0.3, 0.4) is 0 Å². The molecule has 3 aromatic heterocycles. The van der Waals surface area contributed by atoms with Gasteiger partial charge < -0.3 is 20.3 Å². The van der Waals surface area contributed by atoms with Gasteiger partial charge >= 0.3 is 5.97 Å². The number of ether oxygens (including phenoxy) is 1. The van der Waals surface area contributed by atoms with Crippen LogP contribution in [0.5, 0.6) is 5.75 Å². The third-order valence-electron chi connectivity index (χ3n) is 6.65. The van der Waals surface area contributed by atoms with Crippen LogP contribution in [0, 0.1) is 12.8 Å². The highest BCUT2D eigenvalue weighted by Crippen LogP contribution is 2.30. The number of carboxylic acid groups (broad SMARTS) is 1. The van der Waals surface area contributed by atoms with Crippen LogP contribution in [-0.4, -0.2) is 58.8 Å². The van der Waals surface area contributed by atoms with Crippen LogP contribution in [0.1, 0.15) is 56.6 Å². The standard InChI is InChI=1S/C25H33N7O4/c1-15-20(36-17-7-5-6-16(12-17)23(34)35)9-8-18(28-15)22-19(32(4)31-30-22)13-27-24-26-11-10-21(29-24)25(2,3)14-33/h8-11,16-17,33H,5-7,12-14H2,1-4H3,(H,34,35)(H,26,27,29)/t16-,17-/m0/s1. The van der Waals surface area contributed by atoms with Crippen LogP contribution < -0.4 is 10.1 Å². The second-order valence-corrected chi connectivity index (χ2v) is 9.89. The van der Waals surface area contributed by atoms with E-state index in [1.807, 2.05) is 40.0 Å². The second kappa shape index (κ2) is 10.6. The monoisotopic (exact) mass is 495 g/mol. The van der Waals surface area contributed by atoms with E-state index in [0.717, 1.165) is 24.2 Å². The van der Waals surface area contributed by atoms with Gasteiger partial charge in [-0.2, -0.15) is 0 Å². The molecule has 11 nitrogen and oxygen atoms in total. The molecule has 192 valence electrons. The first-order chi connectivity index (χ1) is 17.2. The molecular weight excluding hydrogens is 462 g/mol. The number of aliphatic hydroxyl groups excluding tert-OH is 1. The Bertz CT molecular complexity index is 1230. The summed E-state index contributed by atoms with van der Waals surface area (Å²) < 4.78 is 7.81. The molecule has 36 heavy (non-hydrogen) atoms. The summed E-state index contributed by atoms with van der Waals surface area (Å²) >= 11 is 0. The molecule has 0 saturated heterocycles. The SMILES string of the molecule is Cc1nc(-c2nnn(C)c2CNc2nccc(C(C)(C)CO)n2)ccc1O[C@H]1CCC[C@H](C(=O)O)C1. The molecule has 3 aromatic rings. The number of nitrogens with zero attached hydrogens (tertiary/aromatic N) is 6. The lowest BCUT2D eigenvalue weighted by atomic mass is 9.87. The minimum atomic E-state index is -0.758. The van der Waals surface area contributed by atoms with Crippen molar-refractivity contribution in [2.45, 2.75) is 64.5 Å². The van der Waals surface area contributed by atoms with Crippen LogP contribution in [-0.2, 0) is 23.8 Å². The number of nitrogens with one attached hydrogen (secondary N) is 1. The van der Waals surface area contributed by atoms with E-state index in [0.29, 0.717) is 48.2 Å². The summed E-state index contributed by atoms with van der Waals surface area (Å²) in [5.41, 5.74) is 3.07. The van der Waals surface area contributed by atoms with E-state index < -0.39 is 11.4 Å². The number of aryl methyl sites for hydroxylation is 2. The first-order valence-corrected chi connectivity index (χ1v) is 12.1. The van der Waals surface area contributed by atoms with Crippen molar-refractivity contribution < 1.29 is 19.7 Å². The van der Waals surface area contributed by atoms with Gasteiger partial charge in [0, 0.05) is 18.7 Å². The van der Waals surface area contributed by atoms with Gasteiger partial charge in [0.2, 0.25) is 5.95 Å². The molecule has 0 amide bonds. The number of rotatable bonds is 9. The zero-order valence-corrected chi connectivity index (χ0v) is 21.1. The quantitative estimate of drug-likeness (QED) is 0.404. The Hall–Kier alpha value is -3.60. The number of aliphatic carboxylic acids is 1. The first kappa shape index (κ1) is 25.5. The van der Waals surface area contributed by atoms with E-state index in [2.05, 4.69) is 25.6 Å². The number of pyridine rings is 1. The predicted octanol–water partition coefficient (Wildman–Crippen LogP) is 2.88. The molecule has 1 aliphatic carbocycles. The van der Waals surface area contributed by atoms with Gasteiger partial charge in [0.15, 0.2) is 0 Å². The van der Waals surface area contributed by atoms with E-state index in [4.69, 9.17) is 9.72 Å². The van der Waals surface area contributed by atoms with Gasteiger partial charge in [-0.3, -0.25) is 4.79 Å². The first-order valence-electron chi connectivity index (χ1n) is 12.1. The lowest BCUT2D eigenvalue weighted by Gasteiger charge is -2.27. The van der Waals surface area contributed by atoms with Crippen molar-refractivity contribution in [2.24, 2.45) is 13.0 Å². The Morgan fingerprint density at radius 3 is 2.78 bits per heavy atom. The van der Waals surface area contributed by atoms with Gasteiger partial charge in [0.05, 0.1) is 47.9 Å². The molecule has 1 saturated carbocycles. The summed E-state index contributed by atoms with van der Waals surface area (Å²) in [4.78, 5) is 24.9. The van der Waals surface area contributed by atoms with Crippen molar-refractivity contribution in [1.29, 1.82) is 0 Å². The summed E-state index contributed by atoms with van der Waals surface area (Å²) in [6.07, 6.45) is 4.42. The molecule has 1 aliphatic rings. The molecule has 0 aliphatic heterocycles. The highest BCUT2D eigenvalue weighted by Gasteiger charge is 2.28. The predicted molar refractivity (Wildman–Crippen MR) is 132 cm³/mol. The van der Waals surface area contributed by atoms with Crippen molar-refractivity contribution in [2.75, 3.05) is 11.9 Å². The number of carboxylic acids is 1. The molecule has 0 spiro atoms. The number of aliphatic hydroxyl groups is 1. The lowest BCUT2D eigenvalue weighted by molar-refractivity contribution is -0.143. The van der Waals surface area contributed by atoms with Gasteiger partial charge in [-0.25, -0.2) is 19.6 Å². The topological polar surface area (TPSA) is 148 Å². The Balaban J connectivity index is 1.48. The molecule has 4 rings (SSSR count). The van der Waals surface area contributed by atoms with Crippen molar-refractivity contribution in [1.82, 2.24) is 29.9 Å². The highest BCUT2D eigenvalue weighted by atomic mass is 16.5. The highest BCUT2D eigenvalue weighted by molar-refractivity contribution is 5.70. The molecule has 0 bridgehead atoms. The summed E-state index contributed by atoms with van der Waals surface area (Å²) in [6.45, 7) is 6.06. The fourth-order valence-corrected chi connectivity index (χ4v) is 4.30. The van der Waals surface area contributed by atoms with E-state index in [9.17, 15) is 15.0 Å². The van der Waals surface area contributed by atoms with Crippen molar-refractivity contribution >= 4 is 11.9 Å². The second-order valence-electron chi connectivity index (χ2n) is 9.89. The molecule has 0 aromatic carbocycles. The Kier molecular flexibility index (Phi) is 7.48. The fraction of sp³-hybridized carbons (Fsp3) is 0.520. The van der Waals surface area contributed by atoms with E-state index >= 15 is 0 Å². The molecule has 11 heteroatoms. The van der Waals surface area contributed by atoms with Gasteiger partial charge in [-0.05, 0) is 50.8 Å². The lowest BCUT2D eigenvalue weighted by Crippen LogP contribution is -2.29. The van der Waals surface area contributed by atoms with Crippen molar-refractivity contribution in [3.05, 3.63) is 41.5 Å². The minimum Gasteiger partial charge on any atom is -0.489 e. The number of aromatic nitrogens is 6. The Morgan fingerprint density at radius 2 is 2.06 bits per heavy atom. The van der Waals surface area contributed by atoms with Gasteiger partial charge in [-0.15, -0.1) is 5.10 Å². The molecular formula is C25H33N7O4. The van der Waals surface area contributed by atoms with E-state index in [1.54, 1.807) is 16.9 Å². The molecule has 2 atom stereocenters. The number of anilines is 1. The van der Waals surface area contributed by atoms with Crippen LogP contribution >= 0.6 is 0 Å². The average molecular weight is 496 g/mol. The Labute approximate surface area is 210 Å². The van der Waals surface area contributed by atoms with E-state index in [-0.39, 0.29) is 18.6 Å². The van der Waals surface area contributed by atoms with Gasteiger partial charge in [0.1, 0.15) is 11.4 Å². The minimum absolute atomic E-state index is 0.0229. The fourth-order valence-electron chi connectivity index (χ4n) is 4.30. The Morgan fingerprint density at radius 1 is 1.25 bits per heavy atom. The molecule has 3 heterocycles.